The molecule has 3 rings (SSSR count). The summed E-state index contributed by atoms with van der Waals surface area (Å²) in [5.74, 6) is 0.252. The fourth-order valence-corrected chi connectivity index (χ4v) is 3.79. The van der Waals surface area contributed by atoms with E-state index in [2.05, 4.69) is 24.1 Å². The van der Waals surface area contributed by atoms with E-state index >= 15 is 0 Å². The van der Waals surface area contributed by atoms with Gasteiger partial charge in [-0.2, -0.15) is 0 Å². The molecule has 1 aromatic carbocycles. The van der Waals surface area contributed by atoms with Crippen LogP contribution in [0.15, 0.2) is 24.3 Å². The van der Waals surface area contributed by atoms with Crippen LogP contribution in [0.3, 0.4) is 0 Å². The molecular formula is C21H29N3O3. The zero-order valence-corrected chi connectivity index (χ0v) is 16.2. The molecule has 0 bridgehead atoms. The molecule has 1 aromatic rings. The van der Waals surface area contributed by atoms with Crippen LogP contribution in [0.4, 0.5) is 0 Å². The van der Waals surface area contributed by atoms with Gasteiger partial charge in [0.25, 0.3) is 11.8 Å². The third kappa shape index (κ3) is 4.56. The van der Waals surface area contributed by atoms with Gasteiger partial charge in [-0.1, -0.05) is 19.1 Å². The highest BCUT2D eigenvalue weighted by molar-refractivity contribution is 6.21. The first kappa shape index (κ1) is 19.5. The number of amides is 3. The van der Waals surface area contributed by atoms with Crippen LogP contribution in [-0.4, -0.2) is 59.7 Å². The Hall–Kier alpha value is -2.21. The van der Waals surface area contributed by atoms with Crippen molar-refractivity contribution in [3.8, 4) is 0 Å². The lowest BCUT2D eigenvalue weighted by Crippen LogP contribution is -2.45. The minimum atomic E-state index is -0.260. The fraction of sp³-hybridized carbons (Fsp3) is 0.571. The first-order valence-electron chi connectivity index (χ1n) is 9.93. The molecule has 3 amide bonds. The van der Waals surface area contributed by atoms with Gasteiger partial charge in [0, 0.05) is 25.6 Å². The van der Waals surface area contributed by atoms with E-state index in [1.807, 2.05) is 0 Å². The fourth-order valence-electron chi connectivity index (χ4n) is 3.79. The highest BCUT2D eigenvalue weighted by Crippen LogP contribution is 2.22. The first-order valence-corrected chi connectivity index (χ1v) is 9.93. The van der Waals surface area contributed by atoms with Crippen molar-refractivity contribution in [1.82, 2.24) is 15.1 Å². The van der Waals surface area contributed by atoms with Crippen molar-refractivity contribution in [3.63, 3.8) is 0 Å². The van der Waals surface area contributed by atoms with E-state index in [9.17, 15) is 14.4 Å². The van der Waals surface area contributed by atoms with Gasteiger partial charge < -0.3 is 5.32 Å². The minimum absolute atomic E-state index is 0.0242. The summed E-state index contributed by atoms with van der Waals surface area (Å²) >= 11 is 0. The average molecular weight is 371 g/mol. The molecule has 27 heavy (non-hydrogen) atoms. The Balaban J connectivity index is 1.38. The summed E-state index contributed by atoms with van der Waals surface area (Å²) < 4.78 is 0. The SMILES string of the molecule is CC1CCN(C(C)CNC(=O)CCCN2C(=O)c3ccccc3C2=O)CC1. The number of carbonyl (C=O) groups is 3. The van der Waals surface area contributed by atoms with E-state index in [1.165, 1.54) is 17.7 Å². The molecule has 1 unspecified atom stereocenters. The summed E-state index contributed by atoms with van der Waals surface area (Å²) in [5, 5.41) is 2.99. The Kier molecular flexibility index (Phi) is 6.26. The number of likely N-dealkylation sites (tertiary alicyclic amines) is 1. The van der Waals surface area contributed by atoms with Crippen LogP contribution in [-0.2, 0) is 4.79 Å². The second-order valence-corrected chi connectivity index (χ2v) is 7.78. The lowest BCUT2D eigenvalue weighted by atomic mass is 9.98. The molecular weight excluding hydrogens is 342 g/mol. The Labute approximate surface area is 160 Å². The van der Waals surface area contributed by atoms with Crippen LogP contribution in [0, 0.1) is 5.92 Å². The van der Waals surface area contributed by atoms with E-state index in [4.69, 9.17) is 0 Å². The molecule has 1 fully saturated rings. The Morgan fingerprint density at radius 1 is 1.15 bits per heavy atom. The number of hydrogen-bond acceptors (Lipinski definition) is 4. The van der Waals surface area contributed by atoms with E-state index in [0.29, 0.717) is 36.6 Å². The number of nitrogens with zero attached hydrogens (tertiary/aromatic N) is 2. The highest BCUT2D eigenvalue weighted by atomic mass is 16.2. The zero-order valence-electron chi connectivity index (χ0n) is 16.2. The normalized spacial score (nSPS) is 19.3. The minimum Gasteiger partial charge on any atom is -0.355 e. The summed E-state index contributed by atoms with van der Waals surface area (Å²) in [4.78, 5) is 40.4. The summed E-state index contributed by atoms with van der Waals surface area (Å²) in [6.45, 7) is 7.54. The molecule has 6 heteroatoms. The van der Waals surface area contributed by atoms with Crippen LogP contribution < -0.4 is 5.32 Å². The van der Waals surface area contributed by atoms with Gasteiger partial charge in [0.05, 0.1) is 11.1 Å². The molecule has 0 saturated carbocycles. The summed E-state index contributed by atoms with van der Waals surface area (Å²) in [5.41, 5.74) is 0.910. The Bertz CT molecular complexity index is 675. The van der Waals surface area contributed by atoms with Crippen molar-refractivity contribution in [1.29, 1.82) is 0 Å². The van der Waals surface area contributed by atoms with Crippen molar-refractivity contribution in [2.24, 2.45) is 5.92 Å². The van der Waals surface area contributed by atoms with E-state index in [0.717, 1.165) is 19.0 Å². The largest absolute Gasteiger partial charge is 0.355 e. The maximum atomic E-state index is 12.3. The van der Waals surface area contributed by atoms with Crippen LogP contribution >= 0.6 is 0 Å². The van der Waals surface area contributed by atoms with Crippen LogP contribution in [0.25, 0.3) is 0 Å². The van der Waals surface area contributed by atoms with Gasteiger partial charge in [-0.15, -0.1) is 0 Å². The number of carbonyl (C=O) groups excluding carboxylic acids is 3. The van der Waals surface area contributed by atoms with Crippen LogP contribution in [0.1, 0.15) is 60.2 Å². The standard InChI is InChI=1S/C21H29N3O3/c1-15-9-12-23(13-10-15)16(2)14-22-19(25)8-5-11-24-20(26)17-6-3-4-7-18(17)21(24)27/h3-4,6-7,15-16H,5,8-14H2,1-2H3,(H,22,25). The van der Waals surface area contributed by atoms with Gasteiger partial charge in [-0.05, 0) is 57.3 Å². The van der Waals surface area contributed by atoms with Gasteiger partial charge >= 0.3 is 0 Å². The predicted molar refractivity (Wildman–Crippen MR) is 103 cm³/mol. The van der Waals surface area contributed by atoms with Crippen molar-refractivity contribution in [2.45, 2.75) is 45.6 Å². The second-order valence-electron chi connectivity index (χ2n) is 7.78. The summed E-state index contributed by atoms with van der Waals surface area (Å²) in [7, 11) is 0. The van der Waals surface area contributed by atoms with Crippen molar-refractivity contribution >= 4 is 17.7 Å². The van der Waals surface area contributed by atoms with Crippen molar-refractivity contribution in [3.05, 3.63) is 35.4 Å². The highest BCUT2D eigenvalue weighted by Gasteiger charge is 2.34. The van der Waals surface area contributed by atoms with Gasteiger partial charge in [0.1, 0.15) is 0 Å². The van der Waals surface area contributed by atoms with Crippen LogP contribution in [0.2, 0.25) is 0 Å². The topological polar surface area (TPSA) is 69.7 Å². The third-order valence-corrected chi connectivity index (χ3v) is 5.70. The maximum absolute atomic E-state index is 12.3. The van der Waals surface area contributed by atoms with Gasteiger partial charge in [-0.3, -0.25) is 24.2 Å². The zero-order chi connectivity index (χ0) is 19.4. The lowest BCUT2D eigenvalue weighted by Gasteiger charge is -2.35. The monoisotopic (exact) mass is 371 g/mol. The Morgan fingerprint density at radius 3 is 2.33 bits per heavy atom. The molecule has 2 aliphatic heterocycles. The lowest BCUT2D eigenvalue weighted by molar-refractivity contribution is -0.121. The second kappa shape index (κ2) is 8.65. The number of fused-ring (bicyclic) bond motifs is 1. The quantitative estimate of drug-likeness (QED) is 0.747. The number of imide groups is 1. The van der Waals surface area contributed by atoms with Gasteiger partial charge in [0.2, 0.25) is 5.91 Å². The van der Waals surface area contributed by atoms with Gasteiger partial charge in [0.15, 0.2) is 0 Å². The number of nitrogens with one attached hydrogen (secondary N) is 1. The molecule has 0 aliphatic carbocycles. The molecule has 1 atom stereocenters. The Morgan fingerprint density at radius 2 is 1.74 bits per heavy atom. The average Bonchev–Trinajstić information content (AvgIpc) is 2.92. The van der Waals surface area contributed by atoms with E-state index in [-0.39, 0.29) is 24.3 Å². The third-order valence-electron chi connectivity index (χ3n) is 5.70. The molecule has 146 valence electrons. The molecule has 6 nitrogen and oxygen atoms in total. The molecule has 2 aliphatic rings. The number of hydrogen-bond donors (Lipinski definition) is 1. The predicted octanol–water partition coefficient (Wildman–Crippen LogP) is 2.30. The number of piperidine rings is 1. The number of benzene rings is 1. The molecule has 0 radical (unpaired) electrons. The summed E-state index contributed by atoms with van der Waals surface area (Å²) in [6.07, 6.45) is 3.24. The smallest absolute Gasteiger partial charge is 0.261 e. The van der Waals surface area contributed by atoms with Crippen molar-refractivity contribution in [2.75, 3.05) is 26.2 Å². The van der Waals surface area contributed by atoms with E-state index < -0.39 is 0 Å². The molecule has 1 N–H and O–H groups in total. The number of rotatable bonds is 7. The molecule has 1 saturated heterocycles. The van der Waals surface area contributed by atoms with Crippen molar-refractivity contribution < 1.29 is 14.4 Å². The molecule has 0 aromatic heterocycles. The molecule has 2 heterocycles. The van der Waals surface area contributed by atoms with Gasteiger partial charge in [-0.25, -0.2) is 0 Å². The summed E-state index contributed by atoms with van der Waals surface area (Å²) in [6, 6.07) is 7.18. The van der Waals surface area contributed by atoms with Crippen LogP contribution in [0.5, 0.6) is 0 Å². The first-order chi connectivity index (χ1) is 13.0. The van der Waals surface area contributed by atoms with E-state index in [1.54, 1.807) is 24.3 Å². The molecule has 0 spiro atoms. The maximum Gasteiger partial charge on any atom is 0.261 e.